The Morgan fingerprint density at radius 3 is 2.38 bits per heavy atom. The second-order valence-electron chi connectivity index (χ2n) is 5.76. The molecule has 1 aliphatic rings. The van der Waals surface area contributed by atoms with Crippen LogP contribution < -0.4 is 10.2 Å². The largest absolute Gasteiger partial charge is 0.321 e. The van der Waals surface area contributed by atoms with Crippen LogP contribution in [0.15, 0.2) is 65.3 Å². The van der Waals surface area contributed by atoms with Gasteiger partial charge in [-0.05, 0) is 49.8 Å². The van der Waals surface area contributed by atoms with Gasteiger partial charge >= 0.3 is 0 Å². The van der Waals surface area contributed by atoms with Crippen LogP contribution in [0.25, 0.3) is 6.08 Å². The molecule has 0 aromatic heterocycles. The normalized spacial score (nSPS) is 17.8. The molecule has 1 heterocycles. The van der Waals surface area contributed by atoms with Gasteiger partial charge in [0.05, 0.1) is 5.69 Å². The van der Waals surface area contributed by atoms with Gasteiger partial charge in [0, 0.05) is 11.1 Å². The number of benzene rings is 2. The first-order chi connectivity index (χ1) is 11.5. The maximum absolute atomic E-state index is 12.9. The van der Waals surface area contributed by atoms with Crippen LogP contribution in [-0.4, -0.2) is 17.9 Å². The fraction of sp³-hybridized carbons (Fsp3) is 0.158. The molecular formula is C19H18ClN3O. The summed E-state index contributed by atoms with van der Waals surface area (Å²) in [5.74, 6) is 0.389. The molecule has 2 aromatic rings. The molecule has 24 heavy (non-hydrogen) atoms. The van der Waals surface area contributed by atoms with Crippen molar-refractivity contribution < 1.29 is 4.79 Å². The van der Waals surface area contributed by atoms with Crippen molar-refractivity contribution in [3.63, 3.8) is 0 Å². The molecule has 2 aromatic carbocycles. The zero-order chi connectivity index (χ0) is 17.1. The van der Waals surface area contributed by atoms with Crippen LogP contribution in [0.2, 0.25) is 5.02 Å². The Morgan fingerprint density at radius 1 is 1.08 bits per heavy atom. The number of guanidine groups is 1. The van der Waals surface area contributed by atoms with Crippen molar-refractivity contribution in [1.82, 2.24) is 5.32 Å². The first kappa shape index (κ1) is 16.3. The monoisotopic (exact) mass is 339 g/mol. The van der Waals surface area contributed by atoms with E-state index in [2.05, 4.69) is 10.3 Å². The molecule has 0 spiro atoms. The zero-order valence-electron chi connectivity index (χ0n) is 13.5. The second-order valence-corrected chi connectivity index (χ2v) is 6.19. The number of hydrogen-bond donors (Lipinski definition) is 1. The lowest BCUT2D eigenvalue weighted by Gasteiger charge is -2.16. The van der Waals surface area contributed by atoms with Crippen LogP contribution >= 0.6 is 11.6 Å². The first-order valence-electron chi connectivity index (χ1n) is 7.76. The summed E-state index contributed by atoms with van der Waals surface area (Å²) < 4.78 is 0. The van der Waals surface area contributed by atoms with Crippen molar-refractivity contribution in [3.05, 3.63) is 70.9 Å². The highest BCUT2D eigenvalue weighted by Crippen LogP contribution is 2.24. The third-order valence-corrected chi connectivity index (χ3v) is 3.72. The fourth-order valence-corrected chi connectivity index (χ4v) is 2.55. The number of rotatable bonds is 3. The van der Waals surface area contributed by atoms with Crippen LogP contribution in [0.1, 0.15) is 19.4 Å². The van der Waals surface area contributed by atoms with E-state index >= 15 is 0 Å². The summed E-state index contributed by atoms with van der Waals surface area (Å²) in [6.07, 6.45) is 1.83. The van der Waals surface area contributed by atoms with E-state index < -0.39 is 0 Å². The summed E-state index contributed by atoms with van der Waals surface area (Å²) >= 11 is 5.95. The predicted octanol–water partition coefficient (Wildman–Crippen LogP) is 4.08. The lowest BCUT2D eigenvalue weighted by Crippen LogP contribution is -2.33. The number of halogens is 1. The zero-order valence-corrected chi connectivity index (χ0v) is 14.3. The van der Waals surface area contributed by atoms with E-state index in [1.165, 1.54) is 0 Å². The highest BCUT2D eigenvalue weighted by molar-refractivity contribution is 6.31. The lowest BCUT2D eigenvalue weighted by atomic mass is 10.2. The predicted molar refractivity (Wildman–Crippen MR) is 99.1 cm³/mol. The van der Waals surface area contributed by atoms with Gasteiger partial charge in [0.1, 0.15) is 5.70 Å². The summed E-state index contributed by atoms with van der Waals surface area (Å²) in [7, 11) is 0. The Labute approximate surface area is 146 Å². The van der Waals surface area contributed by atoms with E-state index in [0.29, 0.717) is 16.7 Å². The molecule has 0 bridgehead atoms. The van der Waals surface area contributed by atoms with E-state index in [0.717, 1.165) is 11.3 Å². The second kappa shape index (κ2) is 6.89. The molecule has 0 unspecified atom stereocenters. The number of carbonyl (C=O) groups excluding carboxylic acids is 1. The minimum atomic E-state index is -0.138. The molecule has 4 nitrogen and oxygen atoms in total. The van der Waals surface area contributed by atoms with E-state index in [1.807, 2.05) is 62.4 Å². The van der Waals surface area contributed by atoms with Crippen LogP contribution in [0.4, 0.5) is 5.69 Å². The molecule has 0 radical (unpaired) electrons. The third kappa shape index (κ3) is 3.49. The van der Waals surface area contributed by atoms with Gasteiger partial charge in [-0.1, -0.05) is 41.9 Å². The molecule has 0 aliphatic carbocycles. The molecule has 0 saturated carbocycles. The standard InChI is InChI=1S/C19H18ClN3O/c1-13(2)21-19-22-17(12-14-6-4-3-5-7-14)18(24)23(19)16-10-8-15(20)9-11-16/h3-13H,1-2H3,(H,21,22)/b17-12+. The number of hydrogen-bond acceptors (Lipinski definition) is 2. The molecule has 1 amide bonds. The van der Waals surface area contributed by atoms with Crippen LogP contribution in [0, 0.1) is 0 Å². The van der Waals surface area contributed by atoms with Gasteiger partial charge in [0.15, 0.2) is 0 Å². The Morgan fingerprint density at radius 2 is 1.75 bits per heavy atom. The molecule has 1 fully saturated rings. The molecule has 1 N–H and O–H groups in total. The van der Waals surface area contributed by atoms with Crippen LogP contribution in [-0.2, 0) is 4.79 Å². The van der Waals surface area contributed by atoms with Crippen molar-refractivity contribution in [3.8, 4) is 0 Å². The molecule has 1 aliphatic heterocycles. The number of anilines is 1. The molecular weight excluding hydrogens is 322 g/mol. The average Bonchev–Trinajstić information content (AvgIpc) is 2.84. The molecule has 0 atom stereocenters. The van der Waals surface area contributed by atoms with E-state index in [4.69, 9.17) is 11.6 Å². The van der Waals surface area contributed by atoms with Gasteiger partial charge in [-0.15, -0.1) is 0 Å². The SMILES string of the molecule is CC(C)N=C1N/C(=C/c2ccccc2)C(=O)N1c1ccc(Cl)cc1. The van der Waals surface area contributed by atoms with Gasteiger partial charge in [-0.2, -0.15) is 0 Å². The summed E-state index contributed by atoms with van der Waals surface area (Å²) in [6, 6.07) is 16.9. The Balaban J connectivity index is 2.01. The molecule has 1 saturated heterocycles. The Hall–Kier alpha value is -2.59. The number of carbonyl (C=O) groups is 1. The fourth-order valence-electron chi connectivity index (χ4n) is 2.42. The van der Waals surface area contributed by atoms with Gasteiger partial charge in [-0.3, -0.25) is 4.79 Å². The molecule has 3 rings (SSSR count). The summed E-state index contributed by atoms with van der Waals surface area (Å²) in [5.41, 5.74) is 2.18. The number of nitrogens with one attached hydrogen (secondary N) is 1. The van der Waals surface area contributed by atoms with Crippen molar-refractivity contribution in [1.29, 1.82) is 0 Å². The van der Waals surface area contributed by atoms with Crippen LogP contribution in [0.5, 0.6) is 0 Å². The van der Waals surface area contributed by atoms with Crippen LogP contribution in [0.3, 0.4) is 0 Å². The topological polar surface area (TPSA) is 44.7 Å². The highest BCUT2D eigenvalue weighted by atomic mass is 35.5. The Kier molecular flexibility index (Phi) is 4.67. The quantitative estimate of drug-likeness (QED) is 0.856. The Bertz CT molecular complexity index is 795. The average molecular weight is 340 g/mol. The van der Waals surface area contributed by atoms with Crippen molar-refractivity contribution in [2.75, 3.05) is 4.90 Å². The van der Waals surface area contributed by atoms with E-state index in [1.54, 1.807) is 17.0 Å². The van der Waals surface area contributed by atoms with Crippen molar-refractivity contribution >= 4 is 35.2 Å². The third-order valence-electron chi connectivity index (χ3n) is 3.47. The lowest BCUT2D eigenvalue weighted by molar-refractivity contribution is -0.113. The van der Waals surface area contributed by atoms with Gasteiger partial charge in [0.25, 0.3) is 5.91 Å². The summed E-state index contributed by atoms with van der Waals surface area (Å²) in [5, 5.41) is 3.76. The maximum Gasteiger partial charge on any atom is 0.281 e. The van der Waals surface area contributed by atoms with Gasteiger partial charge in [0.2, 0.25) is 5.96 Å². The number of nitrogens with zero attached hydrogens (tertiary/aromatic N) is 2. The highest BCUT2D eigenvalue weighted by Gasteiger charge is 2.33. The smallest absolute Gasteiger partial charge is 0.281 e. The van der Waals surface area contributed by atoms with E-state index in [-0.39, 0.29) is 11.9 Å². The van der Waals surface area contributed by atoms with Crippen molar-refractivity contribution in [2.24, 2.45) is 4.99 Å². The summed E-state index contributed by atoms with van der Waals surface area (Å²) in [6.45, 7) is 3.94. The number of aliphatic imine (C=N–C) groups is 1. The molecule has 5 heteroatoms. The number of amides is 1. The minimum absolute atomic E-state index is 0.0613. The first-order valence-corrected chi connectivity index (χ1v) is 8.14. The minimum Gasteiger partial charge on any atom is -0.321 e. The summed E-state index contributed by atoms with van der Waals surface area (Å²) in [4.78, 5) is 19.0. The van der Waals surface area contributed by atoms with Gasteiger partial charge in [-0.25, -0.2) is 9.89 Å². The van der Waals surface area contributed by atoms with Gasteiger partial charge < -0.3 is 5.32 Å². The maximum atomic E-state index is 12.9. The molecule has 122 valence electrons. The van der Waals surface area contributed by atoms with Crippen molar-refractivity contribution in [2.45, 2.75) is 19.9 Å². The van der Waals surface area contributed by atoms with E-state index in [9.17, 15) is 4.79 Å².